The number of rotatable bonds is 5. The quantitative estimate of drug-likeness (QED) is 0.421. The van der Waals surface area contributed by atoms with E-state index in [0.717, 1.165) is 0 Å². The fourth-order valence-corrected chi connectivity index (χ4v) is 2.09. The second-order valence-electron chi connectivity index (χ2n) is 4.39. The van der Waals surface area contributed by atoms with Crippen LogP contribution < -0.4 is 4.74 Å². The molecule has 0 aliphatic rings. The van der Waals surface area contributed by atoms with Crippen LogP contribution in [0.25, 0.3) is 0 Å². The zero-order valence-corrected chi connectivity index (χ0v) is 12.5. The number of nitrogens with zero attached hydrogens (tertiary/aromatic N) is 1. The lowest BCUT2D eigenvalue weighted by molar-refractivity contribution is -0.384. The molecule has 0 unspecified atom stereocenters. The number of alkyl halides is 3. The van der Waals surface area contributed by atoms with Crippen molar-refractivity contribution in [2.75, 3.05) is 0 Å². The normalized spacial score (nSPS) is 11.3. The molecule has 0 bridgehead atoms. The first-order valence-corrected chi connectivity index (χ1v) is 6.94. The largest absolute Gasteiger partial charge is 0.533 e. The number of nitro groups is 1. The Morgan fingerprint density at radius 3 is 2.30 bits per heavy atom. The fourth-order valence-electron chi connectivity index (χ4n) is 1.65. The number of non-ortho nitro benzene ring substituents is 1. The van der Waals surface area contributed by atoms with Crippen molar-refractivity contribution < 1.29 is 27.0 Å². The van der Waals surface area contributed by atoms with Gasteiger partial charge in [0.25, 0.3) is 5.69 Å². The molecule has 0 heterocycles. The molecule has 2 aromatic carbocycles. The lowest BCUT2D eigenvalue weighted by atomic mass is 10.2. The average molecular weight is 345 g/mol. The van der Waals surface area contributed by atoms with E-state index < -0.39 is 11.3 Å². The molecule has 0 saturated heterocycles. The third kappa shape index (κ3) is 5.15. The highest BCUT2D eigenvalue weighted by Gasteiger charge is 2.30. The second kappa shape index (κ2) is 6.88. The summed E-state index contributed by atoms with van der Waals surface area (Å²) in [5.41, 5.74) is 0.518. The van der Waals surface area contributed by atoms with Gasteiger partial charge in [-0.15, -0.1) is 13.2 Å². The highest BCUT2D eigenvalue weighted by atomic mass is 32.2. The molecule has 0 aliphatic heterocycles. The van der Waals surface area contributed by atoms with E-state index in [1.54, 1.807) is 6.92 Å². The number of aryl methyl sites for hydroxylation is 1. The van der Waals surface area contributed by atoms with Crippen LogP contribution in [-0.2, 0) is 4.18 Å². The van der Waals surface area contributed by atoms with Gasteiger partial charge in [0.15, 0.2) is 0 Å². The standard InChI is InChI=1S/C14H10F3NO4S/c1-9-8-10(18(19)20)2-7-13(9)21-11-3-5-12(6-4-11)23-22-14(15,16)17/h2-8H,1H3. The molecule has 0 aromatic heterocycles. The Bertz CT molecular complexity index is 704. The predicted molar refractivity (Wildman–Crippen MR) is 77.3 cm³/mol. The number of halogens is 3. The molecule has 23 heavy (non-hydrogen) atoms. The zero-order valence-electron chi connectivity index (χ0n) is 11.7. The van der Waals surface area contributed by atoms with Crippen LogP contribution >= 0.6 is 12.0 Å². The summed E-state index contributed by atoms with van der Waals surface area (Å²) in [4.78, 5) is 10.4. The third-order valence-electron chi connectivity index (χ3n) is 2.65. The van der Waals surface area contributed by atoms with E-state index in [0.29, 0.717) is 17.1 Å². The maximum absolute atomic E-state index is 11.9. The number of nitro benzene ring substituents is 1. The number of benzene rings is 2. The minimum absolute atomic E-state index is 0.0501. The molecule has 0 fully saturated rings. The summed E-state index contributed by atoms with van der Waals surface area (Å²) in [5, 5.41) is 10.7. The Kier molecular flexibility index (Phi) is 5.12. The van der Waals surface area contributed by atoms with E-state index in [1.807, 2.05) is 0 Å². The van der Waals surface area contributed by atoms with Gasteiger partial charge in [0.2, 0.25) is 0 Å². The van der Waals surface area contributed by atoms with Gasteiger partial charge < -0.3 is 4.74 Å². The summed E-state index contributed by atoms with van der Waals surface area (Å²) in [7, 11) is 0. The van der Waals surface area contributed by atoms with Crippen molar-refractivity contribution >= 4 is 17.7 Å². The summed E-state index contributed by atoms with van der Waals surface area (Å²) >= 11 is 0.195. The first kappa shape index (κ1) is 17.1. The van der Waals surface area contributed by atoms with Crippen LogP contribution in [0.15, 0.2) is 47.4 Å². The molecular weight excluding hydrogens is 335 g/mol. The second-order valence-corrected chi connectivity index (χ2v) is 5.20. The van der Waals surface area contributed by atoms with Crippen molar-refractivity contribution in [3.63, 3.8) is 0 Å². The van der Waals surface area contributed by atoms with Crippen LogP contribution in [0, 0.1) is 17.0 Å². The van der Waals surface area contributed by atoms with Crippen LogP contribution in [0.4, 0.5) is 18.9 Å². The van der Waals surface area contributed by atoms with Crippen molar-refractivity contribution in [2.24, 2.45) is 0 Å². The minimum atomic E-state index is -4.71. The summed E-state index contributed by atoms with van der Waals surface area (Å²) in [6, 6.07) is 9.91. The Morgan fingerprint density at radius 2 is 1.78 bits per heavy atom. The van der Waals surface area contributed by atoms with E-state index in [1.165, 1.54) is 42.5 Å². The van der Waals surface area contributed by atoms with Gasteiger partial charge in [0.05, 0.1) is 4.92 Å². The van der Waals surface area contributed by atoms with Crippen molar-refractivity contribution in [2.45, 2.75) is 18.2 Å². The summed E-state index contributed by atoms with van der Waals surface area (Å²) < 4.78 is 45.0. The molecule has 0 amide bonds. The van der Waals surface area contributed by atoms with Crippen molar-refractivity contribution in [1.29, 1.82) is 0 Å². The molecule has 9 heteroatoms. The van der Waals surface area contributed by atoms with Crippen molar-refractivity contribution in [3.05, 3.63) is 58.1 Å². The Labute approximate surface area is 133 Å². The van der Waals surface area contributed by atoms with Crippen LogP contribution in [0.1, 0.15) is 5.56 Å². The molecule has 122 valence electrons. The molecule has 2 aromatic rings. The van der Waals surface area contributed by atoms with Crippen molar-refractivity contribution in [1.82, 2.24) is 0 Å². The molecule has 0 atom stereocenters. The van der Waals surface area contributed by atoms with E-state index >= 15 is 0 Å². The van der Waals surface area contributed by atoms with Crippen LogP contribution in [0.3, 0.4) is 0 Å². The summed E-state index contributed by atoms with van der Waals surface area (Å²) in [5.74, 6) is 0.806. The van der Waals surface area contributed by atoms with Crippen LogP contribution in [0.5, 0.6) is 11.5 Å². The number of hydrogen-bond acceptors (Lipinski definition) is 5. The summed E-state index contributed by atoms with van der Waals surface area (Å²) in [6.07, 6.45) is -4.71. The molecule has 0 spiro atoms. The maximum atomic E-state index is 11.9. The monoisotopic (exact) mass is 345 g/mol. The van der Waals surface area contributed by atoms with Crippen LogP contribution in [-0.4, -0.2) is 11.3 Å². The summed E-state index contributed by atoms with van der Waals surface area (Å²) in [6.45, 7) is 1.66. The van der Waals surface area contributed by atoms with Crippen LogP contribution in [0.2, 0.25) is 0 Å². The lowest BCUT2D eigenvalue weighted by Crippen LogP contribution is -2.07. The van der Waals surface area contributed by atoms with Gasteiger partial charge in [0.1, 0.15) is 11.5 Å². The van der Waals surface area contributed by atoms with Gasteiger partial charge in [-0.25, -0.2) is 4.18 Å². The smallest absolute Gasteiger partial charge is 0.457 e. The van der Waals surface area contributed by atoms with E-state index in [-0.39, 0.29) is 22.6 Å². The van der Waals surface area contributed by atoms with Gasteiger partial charge >= 0.3 is 6.36 Å². The Morgan fingerprint density at radius 1 is 1.13 bits per heavy atom. The topological polar surface area (TPSA) is 61.6 Å². The fraction of sp³-hybridized carbons (Fsp3) is 0.143. The lowest BCUT2D eigenvalue weighted by Gasteiger charge is -2.09. The molecule has 5 nitrogen and oxygen atoms in total. The molecule has 0 saturated carbocycles. The van der Waals surface area contributed by atoms with Gasteiger partial charge in [-0.3, -0.25) is 10.1 Å². The highest BCUT2D eigenvalue weighted by molar-refractivity contribution is 7.94. The SMILES string of the molecule is Cc1cc([N+](=O)[O-])ccc1Oc1ccc(SOC(F)(F)F)cc1. The maximum Gasteiger partial charge on any atom is 0.533 e. The highest BCUT2D eigenvalue weighted by Crippen LogP contribution is 2.32. The van der Waals surface area contributed by atoms with Crippen molar-refractivity contribution in [3.8, 4) is 11.5 Å². The van der Waals surface area contributed by atoms with Gasteiger partial charge in [-0.1, -0.05) is 0 Å². The Balaban J connectivity index is 2.05. The van der Waals surface area contributed by atoms with Gasteiger partial charge in [-0.2, -0.15) is 0 Å². The first-order valence-electron chi connectivity index (χ1n) is 6.20. The van der Waals surface area contributed by atoms with Gasteiger partial charge in [0, 0.05) is 29.1 Å². The van der Waals surface area contributed by atoms with E-state index in [2.05, 4.69) is 4.18 Å². The molecular formula is C14H10F3NO4S. The Hall–Kier alpha value is -2.26. The number of hydrogen-bond donors (Lipinski definition) is 0. The zero-order chi connectivity index (χ0) is 17.0. The molecule has 0 radical (unpaired) electrons. The first-order chi connectivity index (χ1) is 10.7. The molecule has 0 aliphatic carbocycles. The number of ether oxygens (including phenoxy) is 1. The van der Waals surface area contributed by atoms with E-state index in [4.69, 9.17) is 4.74 Å². The third-order valence-corrected chi connectivity index (χ3v) is 3.39. The average Bonchev–Trinajstić information content (AvgIpc) is 2.47. The van der Waals surface area contributed by atoms with E-state index in [9.17, 15) is 23.3 Å². The molecule has 2 rings (SSSR count). The predicted octanol–water partition coefficient (Wildman–Crippen LogP) is 5.24. The molecule has 0 N–H and O–H groups in total. The minimum Gasteiger partial charge on any atom is -0.457 e. The van der Waals surface area contributed by atoms with Gasteiger partial charge in [-0.05, 0) is 42.8 Å².